The highest BCUT2D eigenvalue weighted by Gasteiger charge is 2.34. The molecule has 0 bridgehead atoms. The zero-order valence-corrected chi connectivity index (χ0v) is 16.8. The van der Waals surface area contributed by atoms with Crippen molar-refractivity contribution in [2.24, 2.45) is 5.73 Å². The highest BCUT2D eigenvalue weighted by molar-refractivity contribution is 5.85. The fourth-order valence-electron chi connectivity index (χ4n) is 2.56. The molecule has 0 aliphatic heterocycles. The maximum Gasteiger partial charge on any atom is 0.419 e. The summed E-state index contributed by atoms with van der Waals surface area (Å²) in [6.07, 6.45) is -1.40. The number of hydrogen-bond acceptors (Lipinski definition) is 4. The van der Waals surface area contributed by atoms with Gasteiger partial charge in [-0.15, -0.1) is 12.4 Å². The van der Waals surface area contributed by atoms with E-state index >= 15 is 0 Å². The zero-order chi connectivity index (χ0) is 21.5. The van der Waals surface area contributed by atoms with E-state index in [4.69, 9.17) is 20.7 Å². The van der Waals surface area contributed by atoms with Gasteiger partial charge in [-0.2, -0.15) is 13.2 Å². The maximum absolute atomic E-state index is 13.6. The van der Waals surface area contributed by atoms with Crippen LogP contribution in [0.5, 0.6) is 5.75 Å². The number of alkyl halides is 3. The lowest BCUT2D eigenvalue weighted by Crippen LogP contribution is -2.45. The normalized spacial score (nSPS) is 12.1. The first-order chi connectivity index (χ1) is 13.7. The molecule has 0 atom stereocenters. The summed E-state index contributed by atoms with van der Waals surface area (Å²) in [5.74, 6) is -0.687. The average Bonchev–Trinajstić information content (AvgIpc) is 2.70. The molecular formula is C21H24ClF4NO3. The van der Waals surface area contributed by atoms with Crippen LogP contribution in [0, 0.1) is 5.82 Å². The summed E-state index contributed by atoms with van der Waals surface area (Å²) in [6.45, 7) is -1.13. The summed E-state index contributed by atoms with van der Waals surface area (Å²) in [7, 11) is 0. The zero-order valence-electron chi connectivity index (χ0n) is 16.0. The second-order valence-electron chi connectivity index (χ2n) is 6.68. The lowest BCUT2D eigenvalue weighted by atomic mass is 10.0. The van der Waals surface area contributed by atoms with Gasteiger partial charge in [-0.25, -0.2) is 4.39 Å². The van der Waals surface area contributed by atoms with Crippen LogP contribution >= 0.6 is 12.4 Å². The molecule has 0 radical (unpaired) electrons. The largest absolute Gasteiger partial charge is 0.493 e. The van der Waals surface area contributed by atoms with Crippen LogP contribution in [0.15, 0.2) is 48.5 Å². The van der Waals surface area contributed by atoms with Gasteiger partial charge in [-0.05, 0) is 42.2 Å². The number of halogens is 5. The van der Waals surface area contributed by atoms with E-state index in [1.165, 1.54) is 30.4 Å². The van der Waals surface area contributed by atoms with E-state index in [1.807, 2.05) is 0 Å². The van der Waals surface area contributed by atoms with Crippen molar-refractivity contribution < 1.29 is 32.5 Å². The Balaban J connectivity index is 0.00000450. The van der Waals surface area contributed by atoms with Crippen LogP contribution in [0.3, 0.4) is 0 Å². The molecule has 0 aliphatic rings. The van der Waals surface area contributed by atoms with E-state index < -0.39 is 30.5 Å². The quantitative estimate of drug-likeness (QED) is 0.400. The Hall–Kier alpha value is -2.13. The highest BCUT2D eigenvalue weighted by Crippen LogP contribution is 2.37. The first kappa shape index (κ1) is 25.9. The molecule has 0 heterocycles. The molecule has 2 rings (SSSR count). The molecule has 30 heavy (non-hydrogen) atoms. The van der Waals surface area contributed by atoms with Gasteiger partial charge in [-0.1, -0.05) is 36.4 Å². The summed E-state index contributed by atoms with van der Waals surface area (Å²) >= 11 is 0. The van der Waals surface area contributed by atoms with Crippen LogP contribution in [0.2, 0.25) is 0 Å². The highest BCUT2D eigenvalue weighted by atomic mass is 35.5. The fourth-order valence-corrected chi connectivity index (χ4v) is 2.56. The Morgan fingerprint density at radius 3 is 2.30 bits per heavy atom. The molecule has 166 valence electrons. The third-order valence-corrected chi connectivity index (χ3v) is 4.31. The molecule has 0 saturated heterocycles. The van der Waals surface area contributed by atoms with E-state index in [0.29, 0.717) is 18.4 Å². The summed E-state index contributed by atoms with van der Waals surface area (Å²) < 4.78 is 59.1. The number of hydrogen-bond donors (Lipinski definition) is 3. The van der Waals surface area contributed by atoms with Crippen molar-refractivity contribution >= 4 is 18.5 Å². The van der Waals surface area contributed by atoms with Crippen molar-refractivity contribution in [1.82, 2.24) is 0 Å². The molecule has 4 N–H and O–H groups in total. The van der Waals surface area contributed by atoms with Gasteiger partial charge in [0.15, 0.2) is 0 Å². The maximum atomic E-state index is 13.6. The average molecular weight is 450 g/mol. The molecule has 0 saturated carbocycles. The summed E-state index contributed by atoms with van der Waals surface area (Å²) in [6, 6.07) is 9.71. The molecule has 4 nitrogen and oxygen atoms in total. The molecule has 0 fully saturated rings. The number of nitrogens with two attached hydrogens (primary N) is 1. The molecule has 9 heteroatoms. The Bertz CT molecular complexity index is 839. The van der Waals surface area contributed by atoms with Gasteiger partial charge in [0.1, 0.15) is 11.6 Å². The molecule has 0 aliphatic carbocycles. The molecule has 0 unspecified atom stereocenters. The van der Waals surface area contributed by atoms with Crippen molar-refractivity contribution in [2.45, 2.75) is 24.6 Å². The number of ether oxygens (including phenoxy) is 1. The summed E-state index contributed by atoms with van der Waals surface area (Å²) in [5.41, 5.74) is 3.96. The number of aliphatic hydroxyl groups is 2. The third kappa shape index (κ3) is 7.28. The predicted octanol–water partition coefficient (Wildman–Crippen LogP) is 3.97. The van der Waals surface area contributed by atoms with E-state index in [-0.39, 0.29) is 36.1 Å². The number of benzene rings is 2. The molecule has 0 amide bonds. The Morgan fingerprint density at radius 1 is 1.03 bits per heavy atom. The van der Waals surface area contributed by atoms with Gasteiger partial charge in [0, 0.05) is 0 Å². The molecule has 2 aromatic rings. The van der Waals surface area contributed by atoms with Crippen LogP contribution in [-0.2, 0) is 12.6 Å². The Morgan fingerprint density at radius 2 is 1.70 bits per heavy atom. The van der Waals surface area contributed by atoms with Crippen molar-refractivity contribution in [2.75, 3.05) is 19.8 Å². The van der Waals surface area contributed by atoms with Crippen LogP contribution in [0.4, 0.5) is 17.6 Å². The number of aryl methyl sites for hydroxylation is 1. The monoisotopic (exact) mass is 449 g/mol. The Labute approximate surface area is 178 Å². The van der Waals surface area contributed by atoms with Crippen molar-refractivity contribution in [1.29, 1.82) is 0 Å². The molecule has 0 aromatic heterocycles. The summed E-state index contributed by atoms with van der Waals surface area (Å²) in [5, 5.41) is 18.3. The molecule has 2 aromatic carbocycles. The van der Waals surface area contributed by atoms with Crippen molar-refractivity contribution in [3.8, 4) is 5.75 Å². The smallest absolute Gasteiger partial charge is 0.419 e. The third-order valence-electron chi connectivity index (χ3n) is 4.31. The molecule has 0 spiro atoms. The number of rotatable bonds is 9. The minimum Gasteiger partial charge on any atom is -0.493 e. The second-order valence-corrected chi connectivity index (χ2v) is 6.68. The predicted molar refractivity (Wildman–Crippen MR) is 109 cm³/mol. The van der Waals surface area contributed by atoms with Gasteiger partial charge >= 0.3 is 6.18 Å². The van der Waals surface area contributed by atoms with E-state index in [9.17, 15) is 17.6 Å². The molecular weight excluding hydrogens is 426 g/mol. The summed E-state index contributed by atoms with van der Waals surface area (Å²) in [4.78, 5) is 0. The second kappa shape index (κ2) is 11.3. The van der Waals surface area contributed by atoms with Crippen LogP contribution in [0.25, 0.3) is 6.08 Å². The first-order valence-electron chi connectivity index (χ1n) is 8.96. The van der Waals surface area contributed by atoms with E-state index in [2.05, 4.69) is 0 Å². The van der Waals surface area contributed by atoms with Crippen LogP contribution < -0.4 is 10.5 Å². The van der Waals surface area contributed by atoms with E-state index in [1.54, 1.807) is 18.2 Å². The Kier molecular flexibility index (Phi) is 9.77. The van der Waals surface area contributed by atoms with E-state index in [0.717, 1.165) is 6.07 Å². The topological polar surface area (TPSA) is 75.7 Å². The standard InChI is InChI=1S/C21H23F4NO3.ClH/c22-18-6-2-1-4-16(18)5-3-11-29-19-8-7-15(12-17(19)21(23,24)25)9-10-20(26,13-27)14-28;/h1-2,4,6-10,12,27-28H,3,5,11,13-14,26H2;1H. The minimum absolute atomic E-state index is 0. The number of aliphatic hydroxyl groups excluding tert-OH is 2. The first-order valence-corrected chi connectivity index (χ1v) is 8.96. The fraction of sp³-hybridized carbons (Fsp3) is 0.333. The van der Waals surface area contributed by atoms with Gasteiger partial charge in [0.2, 0.25) is 0 Å². The van der Waals surface area contributed by atoms with Crippen molar-refractivity contribution in [3.05, 3.63) is 71.0 Å². The van der Waals surface area contributed by atoms with Gasteiger partial charge in [0.25, 0.3) is 0 Å². The lowest BCUT2D eigenvalue weighted by Gasteiger charge is -2.20. The van der Waals surface area contributed by atoms with Crippen LogP contribution in [0.1, 0.15) is 23.1 Å². The minimum atomic E-state index is -4.64. The van der Waals surface area contributed by atoms with Crippen molar-refractivity contribution in [3.63, 3.8) is 0 Å². The van der Waals surface area contributed by atoms with Gasteiger partial charge in [0.05, 0.1) is 30.9 Å². The SMILES string of the molecule is Cl.NC(C=Cc1ccc(OCCCc2ccccc2F)c(C(F)(F)F)c1)(CO)CO. The lowest BCUT2D eigenvalue weighted by molar-refractivity contribution is -0.139. The van der Waals surface area contributed by atoms with Gasteiger partial charge < -0.3 is 20.7 Å². The van der Waals surface area contributed by atoms with Gasteiger partial charge in [-0.3, -0.25) is 0 Å². The van der Waals surface area contributed by atoms with Crippen LogP contribution in [-0.4, -0.2) is 35.6 Å².